The van der Waals surface area contributed by atoms with Crippen LogP contribution < -0.4 is 0 Å². The Labute approximate surface area is 167 Å². The molecule has 0 spiro atoms. The van der Waals surface area contributed by atoms with Crippen LogP contribution in [0.15, 0.2) is 0 Å². The van der Waals surface area contributed by atoms with Crippen LogP contribution in [0.4, 0.5) is 0 Å². The molecule has 27 heavy (non-hydrogen) atoms. The second-order valence-corrected chi connectivity index (χ2v) is 11.2. The highest BCUT2D eigenvalue weighted by molar-refractivity contribution is 5.69. The largest absolute Gasteiger partial charge is 0.469 e. The fourth-order valence-electron chi connectivity index (χ4n) is 8.92. The highest BCUT2D eigenvalue weighted by atomic mass is 16.5. The Bertz CT molecular complexity index is 557. The molecule has 0 aromatic carbocycles. The number of carbonyl (C=O) groups excluding carboxylic acids is 1. The van der Waals surface area contributed by atoms with Crippen molar-refractivity contribution in [3.63, 3.8) is 0 Å². The third-order valence-corrected chi connectivity index (χ3v) is 10.4. The molecule has 0 heterocycles. The molecule has 0 amide bonds. The van der Waals surface area contributed by atoms with Crippen LogP contribution in [-0.2, 0) is 9.53 Å². The summed E-state index contributed by atoms with van der Waals surface area (Å²) in [5.41, 5.74) is 1.17. The fraction of sp³-hybridized carbons (Fsp3) is 0.960. The van der Waals surface area contributed by atoms with Gasteiger partial charge in [0.15, 0.2) is 0 Å². The van der Waals surface area contributed by atoms with Gasteiger partial charge in [-0.05, 0) is 104 Å². The molecule has 0 aromatic heterocycles. The van der Waals surface area contributed by atoms with Crippen LogP contribution in [0.3, 0.4) is 0 Å². The third-order valence-electron chi connectivity index (χ3n) is 10.4. The van der Waals surface area contributed by atoms with Gasteiger partial charge in [0.25, 0.3) is 0 Å². The van der Waals surface area contributed by atoms with E-state index in [9.17, 15) is 4.79 Å². The Balaban J connectivity index is 1.49. The van der Waals surface area contributed by atoms with Crippen LogP contribution in [0, 0.1) is 46.3 Å². The predicted molar refractivity (Wildman–Crippen MR) is 110 cm³/mol. The molecule has 4 aliphatic carbocycles. The quantitative estimate of drug-likeness (QED) is 0.517. The zero-order valence-electron chi connectivity index (χ0n) is 18.3. The van der Waals surface area contributed by atoms with E-state index in [0.29, 0.717) is 23.2 Å². The molecule has 4 aliphatic rings. The Morgan fingerprint density at radius 2 is 1.74 bits per heavy atom. The van der Waals surface area contributed by atoms with Gasteiger partial charge < -0.3 is 4.74 Å². The molecule has 8 atom stereocenters. The average molecular weight is 375 g/mol. The van der Waals surface area contributed by atoms with Crippen molar-refractivity contribution in [3.05, 3.63) is 0 Å². The van der Waals surface area contributed by atoms with Gasteiger partial charge in [-0.25, -0.2) is 0 Å². The van der Waals surface area contributed by atoms with Crippen LogP contribution in [-0.4, -0.2) is 13.1 Å². The SMILES string of the molecule is COC(=O)CC[C@@H](C)C1CCC2C3CC[C@@H]4CCCCC4(C)C3CCC21C. The summed E-state index contributed by atoms with van der Waals surface area (Å²) in [5.74, 6) is 5.38. The topological polar surface area (TPSA) is 26.3 Å². The molecule has 0 N–H and O–H groups in total. The van der Waals surface area contributed by atoms with Crippen molar-refractivity contribution in [1.82, 2.24) is 0 Å². The predicted octanol–water partition coefficient (Wildman–Crippen LogP) is 6.62. The molecule has 4 saturated carbocycles. The zero-order chi connectivity index (χ0) is 19.2. The summed E-state index contributed by atoms with van der Waals surface area (Å²) in [6, 6.07) is 0. The summed E-state index contributed by atoms with van der Waals surface area (Å²) in [5, 5.41) is 0. The average Bonchev–Trinajstić information content (AvgIpc) is 3.02. The fourth-order valence-corrected chi connectivity index (χ4v) is 8.92. The summed E-state index contributed by atoms with van der Waals surface area (Å²) < 4.78 is 4.89. The summed E-state index contributed by atoms with van der Waals surface area (Å²) in [7, 11) is 1.52. The van der Waals surface area contributed by atoms with Gasteiger partial charge in [0.1, 0.15) is 0 Å². The molecular formula is C25H42O2. The molecular weight excluding hydrogens is 332 g/mol. The summed E-state index contributed by atoms with van der Waals surface area (Å²) in [6.45, 7) is 7.73. The lowest BCUT2D eigenvalue weighted by molar-refractivity contribution is -0.141. The minimum absolute atomic E-state index is 0.0335. The van der Waals surface area contributed by atoms with Gasteiger partial charge in [-0.3, -0.25) is 4.79 Å². The van der Waals surface area contributed by atoms with Crippen molar-refractivity contribution in [2.75, 3.05) is 7.11 Å². The van der Waals surface area contributed by atoms with Crippen molar-refractivity contribution in [1.29, 1.82) is 0 Å². The lowest BCUT2D eigenvalue weighted by atomic mass is 9.44. The maximum Gasteiger partial charge on any atom is 0.305 e. The molecule has 2 nitrogen and oxygen atoms in total. The molecule has 4 rings (SSSR count). The zero-order valence-corrected chi connectivity index (χ0v) is 18.3. The molecule has 0 saturated heterocycles. The normalized spacial score (nSPS) is 47.5. The van der Waals surface area contributed by atoms with E-state index in [2.05, 4.69) is 20.8 Å². The Kier molecular flexibility index (Phi) is 5.40. The summed E-state index contributed by atoms with van der Waals surface area (Å²) in [4.78, 5) is 11.6. The van der Waals surface area contributed by atoms with Gasteiger partial charge in [-0.15, -0.1) is 0 Å². The Hall–Kier alpha value is -0.530. The van der Waals surface area contributed by atoms with Gasteiger partial charge >= 0.3 is 5.97 Å². The monoisotopic (exact) mass is 374 g/mol. The minimum atomic E-state index is -0.0335. The lowest BCUT2D eigenvalue weighted by Crippen LogP contribution is -2.53. The maximum absolute atomic E-state index is 11.6. The van der Waals surface area contributed by atoms with E-state index >= 15 is 0 Å². The Morgan fingerprint density at radius 3 is 2.52 bits per heavy atom. The van der Waals surface area contributed by atoms with E-state index in [4.69, 9.17) is 4.74 Å². The van der Waals surface area contributed by atoms with Crippen LogP contribution in [0.1, 0.15) is 97.8 Å². The molecule has 4 fully saturated rings. The molecule has 154 valence electrons. The number of hydrogen-bond donors (Lipinski definition) is 0. The van der Waals surface area contributed by atoms with Crippen molar-refractivity contribution in [2.45, 2.75) is 97.8 Å². The van der Waals surface area contributed by atoms with Crippen LogP contribution >= 0.6 is 0 Å². The number of hydrogen-bond acceptors (Lipinski definition) is 2. The van der Waals surface area contributed by atoms with Crippen LogP contribution in [0.25, 0.3) is 0 Å². The molecule has 0 bridgehead atoms. The number of esters is 1. The second-order valence-electron chi connectivity index (χ2n) is 11.2. The van der Waals surface area contributed by atoms with Gasteiger partial charge in [0.05, 0.1) is 7.11 Å². The highest BCUT2D eigenvalue weighted by Gasteiger charge is 2.60. The van der Waals surface area contributed by atoms with Gasteiger partial charge in [-0.2, -0.15) is 0 Å². The maximum atomic E-state index is 11.6. The first-order chi connectivity index (χ1) is 12.9. The first kappa shape index (κ1) is 19.8. The number of fused-ring (bicyclic) bond motifs is 5. The van der Waals surface area contributed by atoms with Crippen LogP contribution in [0.2, 0.25) is 0 Å². The first-order valence-corrected chi connectivity index (χ1v) is 12.0. The molecule has 0 aromatic rings. The van der Waals surface area contributed by atoms with Crippen molar-refractivity contribution >= 4 is 5.97 Å². The third kappa shape index (κ3) is 3.18. The van der Waals surface area contributed by atoms with Gasteiger partial charge in [0, 0.05) is 6.42 Å². The highest BCUT2D eigenvalue weighted by Crippen LogP contribution is 2.68. The molecule has 0 radical (unpaired) electrons. The number of carbonyl (C=O) groups is 1. The molecule has 0 aliphatic heterocycles. The van der Waals surface area contributed by atoms with Crippen molar-refractivity contribution in [2.24, 2.45) is 46.3 Å². The first-order valence-electron chi connectivity index (χ1n) is 12.0. The van der Waals surface area contributed by atoms with E-state index in [0.717, 1.165) is 36.0 Å². The molecule has 2 heteroatoms. The number of methoxy groups -OCH3 is 1. The Morgan fingerprint density at radius 1 is 0.963 bits per heavy atom. The van der Waals surface area contributed by atoms with E-state index < -0.39 is 0 Å². The standard InChI is InChI=1S/C25H42O2/c1-17(8-13-23(26)27-4)20-11-12-21-19-10-9-18-7-5-6-15-24(18,2)22(19)14-16-25(20,21)3/h17-22H,5-16H2,1-4H3/t17-,18+,19?,20?,21?,22?,24?,25?/m1/s1. The van der Waals surface area contributed by atoms with Crippen LogP contribution in [0.5, 0.6) is 0 Å². The summed E-state index contributed by atoms with van der Waals surface area (Å²) >= 11 is 0. The van der Waals surface area contributed by atoms with E-state index in [1.165, 1.54) is 71.3 Å². The van der Waals surface area contributed by atoms with Gasteiger partial charge in [-0.1, -0.05) is 33.6 Å². The van der Waals surface area contributed by atoms with E-state index in [1.54, 1.807) is 0 Å². The van der Waals surface area contributed by atoms with Crippen molar-refractivity contribution < 1.29 is 9.53 Å². The smallest absolute Gasteiger partial charge is 0.305 e. The minimum Gasteiger partial charge on any atom is -0.469 e. The number of ether oxygens (including phenoxy) is 1. The molecule has 6 unspecified atom stereocenters. The van der Waals surface area contributed by atoms with E-state index in [1.807, 2.05) is 0 Å². The summed E-state index contributed by atoms with van der Waals surface area (Å²) in [6.07, 6.45) is 16.4. The lowest BCUT2D eigenvalue weighted by Gasteiger charge is -2.61. The van der Waals surface area contributed by atoms with Crippen molar-refractivity contribution in [3.8, 4) is 0 Å². The van der Waals surface area contributed by atoms with E-state index in [-0.39, 0.29) is 5.97 Å². The second kappa shape index (κ2) is 7.38. The number of rotatable bonds is 4. The van der Waals surface area contributed by atoms with Gasteiger partial charge in [0.2, 0.25) is 0 Å².